The van der Waals surface area contributed by atoms with Crippen LogP contribution in [-0.2, 0) is 4.74 Å². The lowest BCUT2D eigenvalue weighted by molar-refractivity contribution is 0.0434. The molecule has 1 aromatic carbocycles. The number of rotatable bonds is 3. The molecule has 1 amide bonds. The normalized spacial score (nSPS) is 18.1. The van der Waals surface area contributed by atoms with E-state index in [0.29, 0.717) is 29.7 Å². The molecule has 5 heteroatoms. The molecule has 1 heterocycles. The molecular formula is C14H17Cl2NO2. The number of nitrogens with one attached hydrogen (secondary N) is 1. The van der Waals surface area contributed by atoms with Crippen molar-refractivity contribution < 1.29 is 9.53 Å². The minimum atomic E-state index is -0.384. The van der Waals surface area contributed by atoms with Crippen LogP contribution >= 0.6 is 23.2 Å². The zero-order valence-electron chi connectivity index (χ0n) is 10.8. The maximum Gasteiger partial charge on any atom is 0.253 e. The van der Waals surface area contributed by atoms with Crippen molar-refractivity contribution in [2.75, 3.05) is 19.1 Å². The summed E-state index contributed by atoms with van der Waals surface area (Å²) in [5.74, 6) is 0.207. The summed E-state index contributed by atoms with van der Waals surface area (Å²) < 4.78 is 5.32. The standard InChI is InChI=1S/C14H17Cl2NO2/c1-10-2-3-11(12(16)8-10)13(18)17-14(9-15)4-6-19-7-5-14/h2-3,8H,4-7,9H2,1H3,(H,17,18). The minimum absolute atomic E-state index is 0.174. The van der Waals surface area contributed by atoms with Gasteiger partial charge in [0.2, 0.25) is 0 Å². The van der Waals surface area contributed by atoms with E-state index in [9.17, 15) is 4.79 Å². The predicted molar refractivity (Wildman–Crippen MR) is 77.2 cm³/mol. The fraction of sp³-hybridized carbons (Fsp3) is 0.500. The Morgan fingerprint density at radius 2 is 2.11 bits per heavy atom. The molecule has 1 saturated heterocycles. The molecule has 0 bridgehead atoms. The van der Waals surface area contributed by atoms with Crippen LogP contribution in [0.5, 0.6) is 0 Å². The topological polar surface area (TPSA) is 38.3 Å². The van der Waals surface area contributed by atoms with E-state index in [2.05, 4.69) is 5.32 Å². The van der Waals surface area contributed by atoms with Crippen LogP contribution in [0.25, 0.3) is 0 Å². The lowest BCUT2D eigenvalue weighted by Crippen LogP contribution is -2.53. The van der Waals surface area contributed by atoms with Gasteiger partial charge in [0, 0.05) is 19.1 Å². The third-order valence-corrected chi connectivity index (χ3v) is 4.28. The van der Waals surface area contributed by atoms with Crippen LogP contribution in [0.1, 0.15) is 28.8 Å². The van der Waals surface area contributed by atoms with Crippen molar-refractivity contribution in [2.24, 2.45) is 0 Å². The number of amides is 1. The van der Waals surface area contributed by atoms with E-state index in [1.807, 2.05) is 13.0 Å². The molecule has 1 aromatic rings. The fourth-order valence-corrected chi connectivity index (χ4v) is 2.82. The molecule has 19 heavy (non-hydrogen) atoms. The average Bonchev–Trinajstić information content (AvgIpc) is 2.39. The van der Waals surface area contributed by atoms with Crippen molar-refractivity contribution in [1.29, 1.82) is 0 Å². The minimum Gasteiger partial charge on any atom is -0.381 e. The van der Waals surface area contributed by atoms with Crippen molar-refractivity contribution in [3.05, 3.63) is 34.3 Å². The number of aryl methyl sites for hydroxylation is 1. The molecule has 2 rings (SSSR count). The van der Waals surface area contributed by atoms with Gasteiger partial charge < -0.3 is 10.1 Å². The molecule has 0 aliphatic carbocycles. The third kappa shape index (κ3) is 3.41. The van der Waals surface area contributed by atoms with E-state index in [0.717, 1.165) is 18.4 Å². The Balaban J connectivity index is 2.15. The molecule has 0 unspecified atom stereocenters. The van der Waals surface area contributed by atoms with Gasteiger partial charge in [-0.05, 0) is 37.5 Å². The highest BCUT2D eigenvalue weighted by Crippen LogP contribution is 2.24. The Bertz CT molecular complexity index is 471. The summed E-state index contributed by atoms with van der Waals surface area (Å²) in [6, 6.07) is 5.40. The third-order valence-electron chi connectivity index (χ3n) is 3.45. The number of ether oxygens (including phenoxy) is 1. The van der Waals surface area contributed by atoms with Gasteiger partial charge in [-0.15, -0.1) is 11.6 Å². The van der Waals surface area contributed by atoms with E-state index in [4.69, 9.17) is 27.9 Å². The van der Waals surface area contributed by atoms with Crippen molar-refractivity contribution in [1.82, 2.24) is 5.32 Å². The first-order chi connectivity index (χ1) is 9.06. The van der Waals surface area contributed by atoms with Crippen LogP contribution < -0.4 is 5.32 Å². The van der Waals surface area contributed by atoms with Gasteiger partial charge in [0.15, 0.2) is 0 Å². The summed E-state index contributed by atoms with van der Waals surface area (Å²) in [5.41, 5.74) is 1.13. The SMILES string of the molecule is Cc1ccc(C(=O)NC2(CCl)CCOCC2)c(Cl)c1. The van der Waals surface area contributed by atoms with Crippen LogP contribution in [0, 0.1) is 6.92 Å². The molecule has 104 valence electrons. The molecule has 0 radical (unpaired) electrons. The Kier molecular flexibility index (Phi) is 4.71. The summed E-state index contributed by atoms with van der Waals surface area (Å²) in [5, 5.41) is 3.49. The summed E-state index contributed by atoms with van der Waals surface area (Å²) in [4.78, 5) is 12.3. The quantitative estimate of drug-likeness (QED) is 0.871. The lowest BCUT2D eigenvalue weighted by atomic mass is 9.91. The lowest BCUT2D eigenvalue weighted by Gasteiger charge is -2.36. The second-order valence-electron chi connectivity index (χ2n) is 4.96. The maximum absolute atomic E-state index is 12.3. The van der Waals surface area contributed by atoms with Crippen LogP contribution in [0.3, 0.4) is 0 Å². The molecule has 1 N–H and O–H groups in total. The van der Waals surface area contributed by atoms with Crippen LogP contribution in [-0.4, -0.2) is 30.5 Å². The Labute approximate surface area is 123 Å². The van der Waals surface area contributed by atoms with Crippen LogP contribution in [0.15, 0.2) is 18.2 Å². The number of hydrogen-bond acceptors (Lipinski definition) is 2. The average molecular weight is 302 g/mol. The molecule has 1 aliphatic rings. The Hall–Kier alpha value is -0.770. The first-order valence-corrected chi connectivity index (χ1v) is 7.20. The number of alkyl halides is 1. The highest BCUT2D eigenvalue weighted by molar-refractivity contribution is 6.34. The van der Waals surface area contributed by atoms with Crippen molar-refractivity contribution in [3.63, 3.8) is 0 Å². The predicted octanol–water partition coefficient (Wildman–Crippen LogP) is 3.17. The van der Waals surface area contributed by atoms with Gasteiger partial charge in [0.25, 0.3) is 5.91 Å². The molecule has 0 aromatic heterocycles. The van der Waals surface area contributed by atoms with Crippen molar-refractivity contribution >= 4 is 29.1 Å². The smallest absolute Gasteiger partial charge is 0.253 e. The van der Waals surface area contributed by atoms with E-state index in [-0.39, 0.29) is 11.4 Å². The molecule has 1 aliphatic heterocycles. The zero-order valence-corrected chi connectivity index (χ0v) is 12.4. The molecule has 3 nitrogen and oxygen atoms in total. The van der Waals surface area contributed by atoms with Gasteiger partial charge in [0.05, 0.1) is 16.1 Å². The van der Waals surface area contributed by atoms with E-state index in [1.165, 1.54) is 0 Å². The Morgan fingerprint density at radius 1 is 1.42 bits per heavy atom. The van der Waals surface area contributed by atoms with Gasteiger partial charge in [-0.25, -0.2) is 0 Å². The fourth-order valence-electron chi connectivity index (χ4n) is 2.17. The van der Waals surface area contributed by atoms with Gasteiger partial charge in [0.1, 0.15) is 0 Å². The van der Waals surface area contributed by atoms with Gasteiger partial charge >= 0.3 is 0 Å². The maximum atomic E-state index is 12.3. The summed E-state index contributed by atoms with van der Waals surface area (Å²) in [6.07, 6.45) is 1.46. The van der Waals surface area contributed by atoms with E-state index < -0.39 is 0 Å². The van der Waals surface area contributed by atoms with Crippen LogP contribution in [0.2, 0.25) is 5.02 Å². The zero-order chi connectivity index (χ0) is 13.9. The molecule has 0 saturated carbocycles. The number of benzene rings is 1. The largest absolute Gasteiger partial charge is 0.381 e. The van der Waals surface area contributed by atoms with Crippen LogP contribution in [0.4, 0.5) is 0 Å². The Morgan fingerprint density at radius 3 is 2.68 bits per heavy atom. The molecule has 0 atom stereocenters. The number of carbonyl (C=O) groups excluding carboxylic acids is 1. The van der Waals surface area contributed by atoms with Gasteiger partial charge in [-0.2, -0.15) is 0 Å². The van der Waals surface area contributed by atoms with E-state index in [1.54, 1.807) is 12.1 Å². The number of hydrogen-bond donors (Lipinski definition) is 1. The van der Waals surface area contributed by atoms with E-state index >= 15 is 0 Å². The van der Waals surface area contributed by atoms with Crippen molar-refractivity contribution in [3.8, 4) is 0 Å². The highest BCUT2D eigenvalue weighted by Gasteiger charge is 2.33. The number of halogens is 2. The summed E-state index contributed by atoms with van der Waals surface area (Å²) in [7, 11) is 0. The highest BCUT2D eigenvalue weighted by atomic mass is 35.5. The second kappa shape index (κ2) is 6.12. The monoisotopic (exact) mass is 301 g/mol. The molecule has 1 fully saturated rings. The van der Waals surface area contributed by atoms with Crippen molar-refractivity contribution in [2.45, 2.75) is 25.3 Å². The number of carbonyl (C=O) groups is 1. The molecular weight excluding hydrogens is 285 g/mol. The van der Waals surface area contributed by atoms with Gasteiger partial charge in [-0.1, -0.05) is 17.7 Å². The first-order valence-electron chi connectivity index (χ1n) is 6.29. The second-order valence-corrected chi connectivity index (χ2v) is 5.64. The van der Waals surface area contributed by atoms with Gasteiger partial charge in [-0.3, -0.25) is 4.79 Å². The summed E-state index contributed by atoms with van der Waals surface area (Å²) >= 11 is 12.1. The molecule has 0 spiro atoms. The summed E-state index contributed by atoms with van der Waals surface area (Å²) in [6.45, 7) is 3.18. The first kappa shape index (κ1) is 14.6.